The molecule has 4 atom stereocenters. The number of fused-ring (bicyclic) bond motifs is 1. The van der Waals surface area contributed by atoms with Gasteiger partial charge in [-0.05, 0) is 19.4 Å². The van der Waals surface area contributed by atoms with E-state index in [1.165, 1.54) is 0 Å². The third kappa shape index (κ3) is 3.29. The highest BCUT2D eigenvalue weighted by atomic mass is 16.8. The Kier molecular flexibility index (Phi) is 4.59. The molecule has 0 aliphatic carbocycles. The third-order valence-corrected chi connectivity index (χ3v) is 4.79. The molecule has 26 heavy (non-hydrogen) atoms. The minimum atomic E-state index is -1.56. The van der Waals surface area contributed by atoms with E-state index in [0.29, 0.717) is 18.8 Å². The molecule has 1 N–H and O–H groups in total. The van der Waals surface area contributed by atoms with Crippen molar-refractivity contribution in [3.63, 3.8) is 0 Å². The first-order valence-corrected chi connectivity index (χ1v) is 8.91. The number of hydrogen-bond acceptors (Lipinski definition) is 5. The molecule has 0 bridgehead atoms. The van der Waals surface area contributed by atoms with Crippen molar-refractivity contribution in [2.24, 2.45) is 0 Å². The molecule has 0 aromatic heterocycles. The molecule has 2 fully saturated rings. The Bertz CT molecular complexity index is 733. The van der Waals surface area contributed by atoms with Crippen LogP contribution in [0.2, 0.25) is 0 Å². The maximum Gasteiger partial charge on any atom is 0.222 e. The van der Waals surface area contributed by atoms with E-state index in [1.807, 2.05) is 74.5 Å². The molecule has 2 heterocycles. The van der Waals surface area contributed by atoms with Gasteiger partial charge in [-0.3, -0.25) is 0 Å². The Balaban J connectivity index is 1.51. The van der Waals surface area contributed by atoms with E-state index in [0.717, 1.165) is 5.56 Å². The maximum atomic E-state index is 11.3. The molecule has 2 aliphatic heterocycles. The topological polar surface area (TPSA) is 57.2 Å². The summed E-state index contributed by atoms with van der Waals surface area (Å²) < 4.78 is 23.9. The molecule has 0 amide bonds. The van der Waals surface area contributed by atoms with Crippen LogP contribution in [-0.2, 0) is 31.3 Å². The van der Waals surface area contributed by atoms with Crippen LogP contribution in [-0.4, -0.2) is 35.8 Å². The first kappa shape index (κ1) is 17.6. The minimum Gasteiger partial charge on any atom is -0.374 e. The smallest absolute Gasteiger partial charge is 0.222 e. The summed E-state index contributed by atoms with van der Waals surface area (Å²) in [4.78, 5) is 0. The van der Waals surface area contributed by atoms with Crippen molar-refractivity contribution in [3.8, 4) is 0 Å². The lowest BCUT2D eigenvalue weighted by atomic mass is 9.98. The molecule has 0 saturated carbocycles. The van der Waals surface area contributed by atoms with E-state index in [2.05, 4.69) is 0 Å². The summed E-state index contributed by atoms with van der Waals surface area (Å²) in [6.45, 7) is 4.48. The minimum absolute atomic E-state index is 0.310. The van der Waals surface area contributed by atoms with Crippen molar-refractivity contribution in [1.29, 1.82) is 0 Å². The van der Waals surface area contributed by atoms with Gasteiger partial charge in [0, 0.05) is 5.56 Å². The van der Waals surface area contributed by atoms with Crippen LogP contribution in [0.3, 0.4) is 0 Å². The zero-order valence-corrected chi connectivity index (χ0v) is 15.0. The lowest BCUT2D eigenvalue weighted by Crippen LogP contribution is -2.40. The second-order valence-corrected chi connectivity index (χ2v) is 7.24. The Morgan fingerprint density at radius 1 is 0.923 bits per heavy atom. The van der Waals surface area contributed by atoms with Gasteiger partial charge in [0.25, 0.3) is 0 Å². The molecule has 2 saturated heterocycles. The summed E-state index contributed by atoms with van der Waals surface area (Å²) in [5, 5.41) is 11.3. The van der Waals surface area contributed by atoms with Gasteiger partial charge in [-0.2, -0.15) is 0 Å². The maximum absolute atomic E-state index is 11.3. The first-order valence-electron chi connectivity index (χ1n) is 8.91. The number of ether oxygens (including phenoxy) is 4. The predicted molar refractivity (Wildman–Crippen MR) is 95.1 cm³/mol. The highest BCUT2D eigenvalue weighted by Gasteiger charge is 2.63. The second kappa shape index (κ2) is 6.76. The van der Waals surface area contributed by atoms with E-state index in [1.54, 1.807) is 0 Å². The van der Waals surface area contributed by atoms with Crippen LogP contribution < -0.4 is 0 Å². The molecule has 2 aromatic carbocycles. The third-order valence-electron chi connectivity index (χ3n) is 4.79. The lowest BCUT2D eigenvalue weighted by Gasteiger charge is -2.30. The van der Waals surface area contributed by atoms with Crippen LogP contribution in [0.4, 0.5) is 0 Å². The predicted octanol–water partition coefficient (Wildman–Crippen LogP) is 2.97. The first-order chi connectivity index (χ1) is 12.5. The van der Waals surface area contributed by atoms with Crippen LogP contribution in [0.5, 0.6) is 0 Å². The molecule has 0 radical (unpaired) electrons. The highest BCUT2D eigenvalue weighted by molar-refractivity contribution is 5.25. The van der Waals surface area contributed by atoms with E-state index in [4.69, 9.17) is 18.9 Å². The second-order valence-electron chi connectivity index (χ2n) is 7.24. The van der Waals surface area contributed by atoms with Crippen LogP contribution >= 0.6 is 0 Å². The Hall–Kier alpha value is -1.76. The van der Waals surface area contributed by atoms with Crippen molar-refractivity contribution < 1.29 is 24.1 Å². The van der Waals surface area contributed by atoms with Crippen molar-refractivity contribution in [3.05, 3.63) is 71.8 Å². The van der Waals surface area contributed by atoms with Gasteiger partial charge in [0.2, 0.25) is 5.79 Å². The van der Waals surface area contributed by atoms with Gasteiger partial charge in [-0.15, -0.1) is 0 Å². The lowest BCUT2D eigenvalue weighted by molar-refractivity contribution is -0.285. The average Bonchev–Trinajstić information content (AvgIpc) is 3.10. The zero-order valence-electron chi connectivity index (χ0n) is 15.0. The largest absolute Gasteiger partial charge is 0.374 e. The molecule has 0 spiro atoms. The number of rotatable bonds is 5. The standard InChI is InChI=1S/C21H24O5/c1-20(2)25-18-17(14-23-13-15-9-5-3-6-10-15)24-21(22,19(18)26-20)16-11-7-4-8-12-16/h3-12,17-19,22H,13-14H2,1-2H3/t17-,18-,19-,21?/m1/s1. The van der Waals surface area contributed by atoms with Gasteiger partial charge >= 0.3 is 0 Å². The van der Waals surface area contributed by atoms with Gasteiger partial charge in [0.15, 0.2) is 5.79 Å². The van der Waals surface area contributed by atoms with Gasteiger partial charge in [0.1, 0.15) is 18.3 Å². The molecular weight excluding hydrogens is 332 g/mol. The van der Waals surface area contributed by atoms with Crippen LogP contribution in [0, 0.1) is 0 Å². The molecule has 4 rings (SSSR count). The van der Waals surface area contributed by atoms with E-state index >= 15 is 0 Å². The van der Waals surface area contributed by atoms with Crippen molar-refractivity contribution in [1.82, 2.24) is 0 Å². The molecule has 5 nitrogen and oxygen atoms in total. The fraction of sp³-hybridized carbons (Fsp3) is 0.429. The Morgan fingerprint density at radius 2 is 1.58 bits per heavy atom. The average molecular weight is 356 g/mol. The number of aliphatic hydroxyl groups is 1. The fourth-order valence-corrected chi connectivity index (χ4v) is 3.63. The Morgan fingerprint density at radius 3 is 2.27 bits per heavy atom. The SMILES string of the molecule is CC1(C)O[C@H]2[C@@H](O1)C(O)(c1ccccc1)O[C@@H]2COCc1ccccc1. The number of benzene rings is 2. The molecule has 2 aliphatic rings. The monoisotopic (exact) mass is 356 g/mol. The van der Waals surface area contributed by atoms with Crippen molar-refractivity contribution in [2.45, 2.75) is 50.3 Å². The summed E-state index contributed by atoms with van der Waals surface area (Å²) >= 11 is 0. The molecular formula is C21H24O5. The Labute approximate surface area is 153 Å². The van der Waals surface area contributed by atoms with E-state index < -0.39 is 29.9 Å². The molecule has 1 unspecified atom stereocenters. The normalized spacial score (nSPS) is 32.5. The van der Waals surface area contributed by atoms with Crippen molar-refractivity contribution >= 4 is 0 Å². The molecule has 2 aromatic rings. The van der Waals surface area contributed by atoms with E-state index in [9.17, 15) is 5.11 Å². The van der Waals surface area contributed by atoms with Gasteiger partial charge in [0.05, 0.1) is 13.2 Å². The zero-order chi connectivity index (χ0) is 18.2. The molecule has 5 heteroatoms. The van der Waals surface area contributed by atoms with Crippen LogP contribution in [0.15, 0.2) is 60.7 Å². The summed E-state index contributed by atoms with van der Waals surface area (Å²) in [6.07, 6.45) is -1.42. The van der Waals surface area contributed by atoms with Gasteiger partial charge in [-0.25, -0.2) is 0 Å². The highest BCUT2D eigenvalue weighted by Crippen LogP contribution is 2.47. The molecule has 138 valence electrons. The quantitative estimate of drug-likeness (QED) is 0.893. The number of hydrogen-bond donors (Lipinski definition) is 1. The van der Waals surface area contributed by atoms with E-state index in [-0.39, 0.29) is 0 Å². The van der Waals surface area contributed by atoms with Crippen LogP contribution in [0.25, 0.3) is 0 Å². The summed E-state index contributed by atoms with van der Waals surface area (Å²) in [7, 11) is 0. The van der Waals surface area contributed by atoms with Gasteiger partial charge in [-0.1, -0.05) is 60.7 Å². The summed E-state index contributed by atoms with van der Waals surface area (Å²) in [5.41, 5.74) is 1.74. The summed E-state index contributed by atoms with van der Waals surface area (Å²) in [6, 6.07) is 19.2. The van der Waals surface area contributed by atoms with Gasteiger partial charge < -0.3 is 24.1 Å². The van der Waals surface area contributed by atoms with Crippen molar-refractivity contribution in [2.75, 3.05) is 6.61 Å². The van der Waals surface area contributed by atoms with Crippen LogP contribution in [0.1, 0.15) is 25.0 Å². The fourth-order valence-electron chi connectivity index (χ4n) is 3.63. The summed E-state index contributed by atoms with van der Waals surface area (Å²) in [5.74, 6) is -2.33.